The van der Waals surface area contributed by atoms with Crippen molar-refractivity contribution in [3.05, 3.63) is 12.7 Å². The molecule has 0 heterocycles. The van der Waals surface area contributed by atoms with E-state index in [1.165, 1.54) is 20.8 Å². The van der Waals surface area contributed by atoms with Crippen molar-refractivity contribution in [1.82, 2.24) is 0 Å². The monoisotopic (exact) mass is 693 g/mol. The number of carbonyl (C=O) groups is 1. The predicted molar refractivity (Wildman–Crippen MR) is 164 cm³/mol. The quantitative estimate of drug-likeness (QED) is 0.0711. The SMILES string of the molecule is C=CC(C(O)C(C)C(C)(C)C(F)C(OCCC#N)C(C)(C)C(C)(C)C(C)C(OC(=O)C(F)(F)C(F)(F)C(F)(F)F)C(C)C)C(C)(C)C. The number of halogens is 8. The minimum Gasteiger partial charge on any atom is -0.457 e. The van der Waals surface area contributed by atoms with Crippen molar-refractivity contribution >= 4 is 5.97 Å². The van der Waals surface area contributed by atoms with Gasteiger partial charge in [-0.15, -0.1) is 6.58 Å². The van der Waals surface area contributed by atoms with Gasteiger partial charge >= 0.3 is 24.0 Å². The number of carbonyl (C=O) groups excluding carboxylic acids is 1. The van der Waals surface area contributed by atoms with Gasteiger partial charge in [0, 0.05) is 11.3 Å². The van der Waals surface area contributed by atoms with Crippen LogP contribution in [0.25, 0.3) is 0 Å². The van der Waals surface area contributed by atoms with Gasteiger partial charge in [-0.3, -0.25) is 0 Å². The number of hydrogen-bond acceptors (Lipinski definition) is 5. The van der Waals surface area contributed by atoms with Gasteiger partial charge in [-0.1, -0.05) is 96.1 Å². The molecule has 0 aromatic carbocycles. The molecule has 13 heteroatoms. The van der Waals surface area contributed by atoms with E-state index >= 15 is 4.39 Å². The van der Waals surface area contributed by atoms with E-state index in [9.17, 15) is 40.6 Å². The lowest BCUT2D eigenvalue weighted by Gasteiger charge is -2.55. The van der Waals surface area contributed by atoms with Gasteiger partial charge in [0.15, 0.2) is 0 Å². The van der Waals surface area contributed by atoms with Gasteiger partial charge in [0.1, 0.15) is 12.3 Å². The van der Waals surface area contributed by atoms with Crippen LogP contribution in [-0.2, 0) is 14.3 Å². The maximum atomic E-state index is 17.1. The minimum absolute atomic E-state index is 0.106. The summed E-state index contributed by atoms with van der Waals surface area (Å²) in [6.45, 7) is 25.0. The molecule has 7 atom stereocenters. The van der Waals surface area contributed by atoms with Crippen LogP contribution in [0, 0.1) is 56.7 Å². The highest BCUT2D eigenvalue weighted by atomic mass is 19.4. The lowest BCUT2D eigenvalue weighted by Crippen LogP contribution is -2.59. The molecule has 0 radical (unpaired) electrons. The number of esters is 1. The van der Waals surface area contributed by atoms with Gasteiger partial charge in [0.2, 0.25) is 0 Å². The molecule has 0 aliphatic heterocycles. The maximum Gasteiger partial charge on any atom is 0.460 e. The van der Waals surface area contributed by atoms with E-state index in [1.54, 1.807) is 54.5 Å². The molecule has 0 saturated heterocycles. The molecule has 0 fully saturated rings. The maximum absolute atomic E-state index is 17.1. The molecule has 7 unspecified atom stereocenters. The second kappa shape index (κ2) is 15.3. The van der Waals surface area contributed by atoms with Crippen molar-refractivity contribution < 1.29 is 54.5 Å². The number of rotatable bonds is 17. The smallest absolute Gasteiger partial charge is 0.457 e. The summed E-state index contributed by atoms with van der Waals surface area (Å²) >= 11 is 0. The van der Waals surface area contributed by atoms with Crippen LogP contribution < -0.4 is 0 Å². The number of nitriles is 1. The Labute approximate surface area is 275 Å². The molecule has 0 aromatic rings. The van der Waals surface area contributed by atoms with Crippen molar-refractivity contribution in [3.63, 3.8) is 0 Å². The normalized spacial score (nSPS) is 18.9. The number of ether oxygens (including phenoxy) is 2. The first-order valence-electron chi connectivity index (χ1n) is 15.7. The largest absolute Gasteiger partial charge is 0.460 e. The number of nitrogens with zero attached hydrogens (tertiary/aromatic N) is 1. The van der Waals surface area contributed by atoms with Crippen molar-refractivity contribution in [3.8, 4) is 6.07 Å². The number of hydrogen-bond donors (Lipinski definition) is 1. The minimum atomic E-state index is -6.73. The summed E-state index contributed by atoms with van der Waals surface area (Å²) in [5, 5.41) is 20.5. The number of alkyl halides is 8. The molecular formula is C34H55F8NO4. The van der Waals surface area contributed by atoms with Crippen LogP contribution in [0.15, 0.2) is 12.7 Å². The van der Waals surface area contributed by atoms with Crippen LogP contribution in [0.4, 0.5) is 35.1 Å². The highest BCUT2D eigenvalue weighted by Crippen LogP contribution is 2.55. The fraction of sp³-hybridized carbons (Fsp3) is 0.882. The molecular weight excluding hydrogens is 638 g/mol. The van der Waals surface area contributed by atoms with Crippen molar-refractivity contribution in [1.29, 1.82) is 5.26 Å². The topological polar surface area (TPSA) is 79.6 Å². The zero-order valence-electron chi connectivity index (χ0n) is 30.0. The standard InChI is InChI=1S/C34H55F8NO4/c1-15-22(28(6,7)8)23(44)20(4)29(9,10)25(35)26(46-18-16-17-43)31(13,14)30(11,12)21(5)24(19(2)3)47-27(45)32(36,37)33(38,39)34(40,41)42/h15,19-26,44H,1,16,18H2,2-14H3. The fourth-order valence-corrected chi connectivity index (χ4v) is 5.97. The first-order valence-corrected chi connectivity index (χ1v) is 15.7. The zero-order valence-corrected chi connectivity index (χ0v) is 30.0. The molecule has 5 nitrogen and oxygen atoms in total. The Morgan fingerprint density at radius 2 is 1.34 bits per heavy atom. The van der Waals surface area contributed by atoms with E-state index in [-0.39, 0.29) is 13.0 Å². The van der Waals surface area contributed by atoms with E-state index < -0.39 is 93.8 Å². The van der Waals surface area contributed by atoms with Crippen molar-refractivity contribution in [2.75, 3.05) is 6.61 Å². The summed E-state index contributed by atoms with van der Waals surface area (Å²) < 4.78 is 122. The first-order chi connectivity index (χ1) is 20.7. The summed E-state index contributed by atoms with van der Waals surface area (Å²) in [4.78, 5) is 12.3. The third-order valence-electron chi connectivity index (χ3n) is 10.7. The summed E-state index contributed by atoms with van der Waals surface area (Å²) in [5.41, 5.74) is -4.25. The second-order valence-electron chi connectivity index (χ2n) is 15.8. The van der Waals surface area contributed by atoms with E-state index in [2.05, 4.69) is 6.58 Å². The molecule has 0 bridgehead atoms. The van der Waals surface area contributed by atoms with Gasteiger partial charge in [-0.2, -0.15) is 36.0 Å². The van der Waals surface area contributed by atoms with Crippen LogP contribution in [0.1, 0.15) is 96.4 Å². The highest BCUT2D eigenvalue weighted by molar-refractivity contribution is 5.79. The molecule has 0 aromatic heterocycles. The summed E-state index contributed by atoms with van der Waals surface area (Å²) in [5.74, 6) is -18.9. The fourth-order valence-electron chi connectivity index (χ4n) is 5.97. The van der Waals surface area contributed by atoms with E-state index in [4.69, 9.17) is 14.7 Å². The van der Waals surface area contributed by atoms with Crippen LogP contribution >= 0.6 is 0 Å². The molecule has 1 N–H and O–H groups in total. The Kier molecular flexibility index (Phi) is 14.7. The van der Waals surface area contributed by atoms with Crippen LogP contribution in [0.5, 0.6) is 0 Å². The molecule has 276 valence electrons. The molecule has 0 spiro atoms. The lowest BCUT2D eigenvalue weighted by atomic mass is 9.54. The van der Waals surface area contributed by atoms with E-state index in [1.807, 2.05) is 26.8 Å². The van der Waals surface area contributed by atoms with Crippen molar-refractivity contribution in [2.24, 2.45) is 45.3 Å². The molecule has 0 rings (SSSR count). The van der Waals surface area contributed by atoms with E-state index in [0.29, 0.717) is 0 Å². The predicted octanol–water partition coefficient (Wildman–Crippen LogP) is 9.58. The number of aliphatic hydroxyl groups excluding tert-OH is 1. The van der Waals surface area contributed by atoms with E-state index in [0.717, 1.165) is 0 Å². The Morgan fingerprint density at radius 1 is 0.872 bits per heavy atom. The average molecular weight is 694 g/mol. The molecule has 47 heavy (non-hydrogen) atoms. The Bertz CT molecular complexity index is 1090. The molecule has 0 aliphatic rings. The zero-order chi connectivity index (χ0) is 37.9. The van der Waals surface area contributed by atoms with Crippen molar-refractivity contribution in [2.45, 2.75) is 139 Å². The van der Waals surface area contributed by atoms with Crippen LogP contribution in [0.2, 0.25) is 0 Å². The second-order valence-corrected chi connectivity index (χ2v) is 15.8. The lowest BCUT2D eigenvalue weighted by molar-refractivity contribution is -0.349. The highest BCUT2D eigenvalue weighted by Gasteiger charge is 2.77. The van der Waals surface area contributed by atoms with Gasteiger partial charge in [0.25, 0.3) is 0 Å². The Hall–Kier alpha value is -1.94. The van der Waals surface area contributed by atoms with Gasteiger partial charge < -0.3 is 14.6 Å². The van der Waals surface area contributed by atoms with Gasteiger partial charge in [-0.05, 0) is 34.0 Å². The van der Waals surface area contributed by atoms with Crippen LogP contribution in [-0.4, -0.2) is 60.2 Å². The summed E-state index contributed by atoms with van der Waals surface area (Å²) in [6, 6.07) is 1.92. The first kappa shape index (κ1) is 45.1. The van der Waals surface area contributed by atoms with Crippen LogP contribution in [0.3, 0.4) is 0 Å². The summed E-state index contributed by atoms with van der Waals surface area (Å²) in [6.07, 6.45) is -11.0. The molecule has 0 saturated carbocycles. The Balaban J connectivity index is 6.88. The number of aliphatic hydroxyl groups is 1. The molecule has 0 amide bonds. The van der Waals surface area contributed by atoms with Gasteiger partial charge in [0.05, 0.1) is 31.3 Å². The Morgan fingerprint density at radius 3 is 1.70 bits per heavy atom. The molecule has 0 aliphatic carbocycles. The summed E-state index contributed by atoms with van der Waals surface area (Å²) in [7, 11) is 0. The third kappa shape index (κ3) is 9.20. The van der Waals surface area contributed by atoms with Gasteiger partial charge in [-0.25, -0.2) is 9.18 Å². The third-order valence-corrected chi connectivity index (χ3v) is 10.7. The average Bonchev–Trinajstić information content (AvgIpc) is 2.90.